The third kappa shape index (κ3) is 1.95. The lowest BCUT2D eigenvalue weighted by molar-refractivity contribution is -0.125. The molecular weight excluding hydrogens is 303 g/mol. The Balaban J connectivity index is 2.54. The highest BCUT2D eigenvalue weighted by atomic mass is 79.9. The number of halogens is 4. The van der Waals surface area contributed by atoms with Crippen molar-refractivity contribution >= 4 is 27.7 Å². The summed E-state index contributed by atoms with van der Waals surface area (Å²) in [5.74, 6) is -6.46. The first-order valence-corrected chi connectivity index (χ1v) is 5.46. The summed E-state index contributed by atoms with van der Waals surface area (Å²) in [6, 6.07) is 1.08. The number of alkyl halides is 1. The van der Waals surface area contributed by atoms with E-state index in [0.29, 0.717) is 12.1 Å². The van der Waals surface area contributed by atoms with Crippen LogP contribution in [-0.2, 0) is 9.59 Å². The van der Waals surface area contributed by atoms with E-state index < -0.39 is 45.6 Å². The molecule has 1 aromatic carbocycles. The van der Waals surface area contributed by atoms with Crippen LogP contribution in [0.25, 0.3) is 0 Å². The first-order chi connectivity index (χ1) is 7.91. The fraction of sp³-hybridized carbons (Fsp3) is 0.200. The van der Waals surface area contributed by atoms with Crippen molar-refractivity contribution in [3.05, 3.63) is 35.1 Å². The zero-order valence-corrected chi connectivity index (χ0v) is 9.72. The van der Waals surface area contributed by atoms with E-state index in [1.165, 1.54) is 0 Å². The molecule has 2 rings (SSSR count). The van der Waals surface area contributed by atoms with Gasteiger partial charge in [-0.1, -0.05) is 15.9 Å². The summed E-state index contributed by atoms with van der Waals surface area (Å²) in [6.45, 7) is 0. The summed E-state index contributed by atoms with van der Waals surface area (Å²) in [5, 5.41) is 1.94. The van der Waals surface area contributed by atoms with E-state index in [-0.39, 0.29) is 0 Å². The van der Waals surface area contributed by atoms with E-state index in [1.54, 1.807) is 0 Å². The summed E-state index contributed by atoms with van der Waals surface area (Å²) in [6.07, 6.45) is 0. The van der Waals surface area contributed by atoms with Gasteiger partial charge in [-0.3, -0.25) is 14.9 Å². The highest BCUT2D eigenvalue weighted by molar-refractivity contribution is 9.10. The van der Waals surface area contributed by atoms with Crippen LogP contribution in [0.15, 0.2) is 12.1 Å². The van der Waals surface area contributed by atoms with Crippen molar-refractivity contribution in [2.75, 3.05) is 0 Å². The van der Waals surface area contributed by atoms with Gasteiger partial charge in [0.15, 0.2) is 11.6 Å². The fourth-order valence-electron chi connectivity index (χ4n) is 1.65. The second-order valence-electron chi connectivity index (χ2n) is 3.52. The maximum Gasteiger partial charge on any atom is 0.241 e. The summed E-state index contributed by atoms with van der Waals surface area (Å²) in [5.41, 5.74) is -0.479. The minimum atomic E-state index is -1.40. The molecule has 3 nitrogen and oxygen atoms in total. The van der Waals surface area contributed by atoms with Crippen LogP contribution in [0.3, 0.4) is 0 Å². The van der Waals surface area contributed by atoms with Crippen molar-refractivity contribution in [1.29, 1.82) is 0 Å². The molecule has 1 aliphatic rings. The highest BCUT2D eigenvalue weighted by Gasteiger charge is 2.42. The number of nitrogens with one attached hydrogen (secondary N) is 1. The van der Waals surface area contributed by atoms with Gasteiger partial charge >= 0.3 is 0 Å². The normalized spacial score (nSPS) is 24.0. The lowest BCUT2D eigenvalue weighted by Gasteiger charge is -2.11. The third-order valence-electron chi connectivity index (χ3n) is 2.43. The van der Waals surface area contributed by atoms with Crippen LogP contribution in [0.1, 0.15) is 11.5 Å². The molecule has 1 heterocycles. The average Bonchev–Trinajstić information content (AvgIpc) is 2.48. The number of benzene rings is 1. The minimum Gasteiger partial charge on any atom is -0.295 e. The number of hydrogen-bond acceptors (Lipinski definition) is 2. The number of rotatable bonds is 1. The Morgan fingerprint density at radius 3 is 2.29 bits per heavy atom. The summed E-state index contributed by atoms with van der Waals surface area (Å²) < 4.78 is 39.4. The van der Waals surface area contributed by atoms with E-state index in [9.17, 15) is 22.8 Å². The maximum atomic E-state index is 13.5. The monoisotopic (exact) mass is 307 g/mol. The molecule has 0 bridgehead atoms. The number of carbonyl (C=O) groups is 2. The van der Waals surface area contributed by atoms with Gasteiger partial charge in [-0.05, 0) is 6.07 Å². The Morgan fingerprint density at radius 2 is 1.76 bits per heavy atom. The Labute approximate surface area is 102 Å². The third-order valence-corrected chi connectivity index (χ3v) is 3.37. The molecule has 2 amide bonds. The van der Waals surface area contributed by atoms with Crippen molar-refractivity contribution in [3.8, 4) is 0 Å². The molecule has 2 atom stereocenters. The molecule has 2 unspecified atom stereocenters. The average molecular weight is 308 g/mol. The second-order valence-corrected chi connectivity index (χ2v) is 4.51. The van der Waals surface area contributed by atoms with Crippen molar-refractivity contribution in [2.45, 2.75) is 10.7 Å². The Kier molecular flexibility index (Phi) is 2.94. The molecule has 1 saturated heterocycles. The Morgan fingerprint density at radius 1 is 1.12 bits per heavy atom. The number of amides is 2. The fourth-order valence-corrected chi connectivity index (χ4v) is 2.29. The second kappa shape index (κ2) is 4.14. The van der Waals surface area contributed by atoms with Gasteiger partial charge in [0.2, 0.25) is 11.8 Å². The Hall–Kier alpha value is -1.37. The van der Waals surface area contributed by atoms with E-state index in [2.05, 4.69) is 15.9 Å². The summed E-state index contributed by atoms with van der Waals surface area (Å²) >= 11 is 2.89. The van der Waals surface area contributed by atoms with Crippen LogP contribution in [-0.4, -0.2) is 16.6 Å². The first kappa shape index (κ1) is 12.1. The largest absolute Gasteiger partial charge is 0.295 e. The highest BCUT2D eigenvalue weighted by Crippen LogP contribution is 2.32. The van der Waals surface area contributed by atoms with Gasteiger partial charge in [0.25, 0.3) is 0 Å². The first-order valence-electron chi connectivity index (χ1n) is 4.55. The molecule has 1 aliphatic heterocycles. The number of carbonyl (C=O) groups excluding carboxylic acids is 2. The number of hydrogen-bond donors (Lipinski definition) is 1. The molecule has 7 heteroatoms. The molecule has 17 heavy (non-hydrogen) atoms. The lowest BCUT2D eigenvalue weighted by atomic mass is 9.96. The molecule has 0 aliphatic carbocycles. The van der Waals surface area contributed by atoms with Crippen molar-refractivity contribution < 1.29 is 22.8 Å². The van der Waals surface area contributed by atoms with E-state index >= 15 is 0 Å². The molecule has 90 valence electrons. The van der Waals surface area contributed by atoms with Crippen LogP contribution < -0.4 is 5.32 Å². The molecule has 1 N–H and O–H groups in total. The van der Waals surface area contributed by atoms with Gasteiger partial charge in [0, 0.05) is 11.6 Å². The molecular formula is C10H5BrF3NO2. The van der Waals surface area contributed by atoms with Crippen LogP contribution >= 0.6 is 15.9 Å². The van der Waals surface area contributed by atoms with Gasteiger partial charge in [0.1, 0.15) is 10.6 Å². The zero-order valence-electron chi connectivity index (χ0n) is 8.14. The molecule has 0 aromatic heterocycles. The number of imide groups is 1. The van der Waals surface area contributed by atoms with Crippen LogP contribution in [0.5, 0.6) is 0 Å². The van der Waals surface area contributed by atoms with Crippen LogP contribution in [0, 0.1) is 17.5 Å². The van der Waals surface area contributed by atoms with Gasteiger partial charge in [-0.2, -0.15) is 0 Å². The minimum absolute atomic E-state index is 0.372. The molecule has 0 saturated carbocycles. The van der Waals surface area contributed by atoms with E-state index in [1.807, 2.05) is 5.32 Å². The predicted molar refractivity (Wildman–Crippen MR) is 54.9 cm³/mol. The van der Waals surface area contributed by atoms with Crippen molar-refractivity contribution in [1.82, 2.24) is 5.32 Å². The van der Waals surface area contributed by atoms with Crippen LogP contribution in [0.2, 0.25) is 0 Å². The van der Waals surface area contributed by atoms with Gasteiger partial charge in [-0.25, -0.2) is 13.2 Å². The zero-order chi connectivity index (χ0) is 12.7. The summed E-state index contributed by atoms with van der Waals surface area (Å²) in [7, 11) is 0. The van der Waals surface area contributed by atoms with E-state index in [0.717, 1.165) is 0 Å². The topological polar surface area (TPSA) is 46.2 Å². The smallest absolute Gasteiger partial charge is 0.241 e. The van der Waals surface area contributed by atoms with Gasteiger partial charge < -0.3 is 0 Å². The van der Waals surface area contributed by atoms with E-state index in [4.69, 9.17) is 0 Å². The van der Waals surface area contributed by atoms with Crippen molar-refractivity contribution in [2.24, 2.45) is 0 Å². The van der Waals surface area contributed by atoms with Gasteiger partial charge in [-0.15, -0.1) is 0 Å². The Bertz CT molecular complexity index is 521. The maximum absolute atomic E-state index is 13.5. The predicted octanol–water partition coefficient (Wildman–Crippen LogP) is 1.61. The SMILES string of the molecule is O=C1NC(=O)C(c2cc(F)cc(F)c2F)C1Br. The molecule has 0 spiro atoms. The standard InChI is InChI=1S/C10H5BrF3NO2/c11-7-6(9(16)15-10(7)17)4-1-3(12)2-5(13)8(4)14/h1-2,6-7H,(H,15,16,17). The lowest BCUT2D eigenvalue weighted by Crippen LogP contribution is -2.22. The quantitative estimate of drug-likeness (QED) is 0.487. The molecule has 1 fully saturated rings. The molecule has 0 radical (unpaired) electrons. The summed E-state index contributed by atoms with van der Waals surface area (Å²) in [4.78, 5) is 21.5. The molecule has 1 aromatic rings. The van der Waals surface area contributed by atoms with Crippen molar-refractivity contribution in [3.63, 3.8) is 0 Å². The van der Waals surface area contributed by atoms with Gasteiger partial charge in [0.05, 0.1) is 5.92 Å². The van der Waals surface area contributed by atoms with Crippen LogP contribution in [0.4, 0.5) is 13.2 Å².